The molecule has 2 heterocycles. The van der Waals surface area contributed by atoms with Gasteiger partial charge in [-0.3, -0.25) is 4.79 Å². The van der Waals surface area contributed by atoms with E-state index in [1.54, 1.807) is 24.3 Å². The van der Waals surface area contributed by atoms with Crippen molar-refractivity contribution in [3.63, 3.8) is 0 Å². The molecule has 0 radical (unpaired) electrons. The second kappa shape index (κ2) is 8.79. The summed E-state index contributed by atoms with van der Waals surface area (Å²) in [5, 5.41) is 14.4. The predicted octanol–water partition coefficient (Wildman–Crippen LogP) is 5.28. The first-order chi connectivity index (χ1) is 18.9. The van der Waals surface area contributed by atoms with Crippen LogP contribution in [0.25, 0.3) is 6.08 Å². The number of alkyl halides is 3. The molecule has 4 aliphatic carbocycles. The highest BCUT2D eigenvalue weighted by Crippen LogP contribution is 2.67. The van der Waals surface area contributed by atoms with Crippen LogP contribution in [0.1, 0.15) is 57.4 Å². The second-order valence-corrected chi connectivity index (χ2v) is 13.4. The van der Waals surface area contributed by atoms with E-state index in [9.17, 15) is 23.1 Å². The molecule has 214 valence electrons. The van der Waals surface area contributed by atoms with Crippen molar-refractivity contribution >= 4 is 12.0 Å². The summed E-state index contributed by atoms with van der Waals surface area (Å²) in [5.74, 6) is -0.121. The van der Waals surface area contributed by atoms with Crippen molar-refractivity contribution in [3.05, 3.63) is 64.3 Å². The molecule has 7 atom stereocenters. The molecule has 2 aliphatic heterocycles. The highest BCUT2D eigenvalue weighted by molar-refractivity contribution is 5.99. The van der Waals surface area contributed by atoms with Gasteiger partial charge in [-0.25, -0.2) is 0 Å². The van der Waals surface area contributed by atoms with Gasteiger partial charge in [-0.2, -0.15) is 13.2 Å². The van der Waals surface area contributed by atoms with Crippen LogP contribution in [0.4, 0.5) is 13.2 Å². The molecule has 40 heavy (non-hydrogen) atoms. The predicted molar refractivity (Wildman–Crippen MR) is 144 cm³/mol. The van der Waals surface area contributed by atoms with E-state index < -0.39 is 29.5 Å². The number of halogens is 3. The van der Waals surface area contributed by atoms with Gasteiger partial charge in [0, 0.05) is 30.1 Å². The number of hydrogen-bond donors (Lipinski definition) is 2. The van der Waals surface area contributed by atoms with E-state index in [1.165, 1.54) is 37.1 Å². The van der Waals surface area contributed by atoms with Gasteiger partial charge < -0.3 is 19.6 Å². The third-order valence-corrected chi connectivity index (χ3v) is 11.0. The molecule has 2 saturated heterocycles. The van der Waals surface area contributed by atoms with Crippen LogP contribution < -0.4 is 5.32 Å². The fourth-order valence-corrected chi connectivity index (χ4v) is 9.14. The van der Waals surface area contributed by atoms with Crippen LogP contribution in [0, 0.1) is 17.3 Å². The minimum absolute atomic E-state index is 0.0941. The molecule has 1 amide bonds. The Kier molecular flexibility index (Phi) is 5.82. The summed E-state index contributed by atoms with van der Waals surface area (Å²) in [6.45, 7) is 4.19. The Balaban J connectivity index is 1.26. The van der Waals surface area contributed by atoms with Crippen LogP contribution in [0.15, 0.2) is 58.7 Å². The van der Waals surface area contributed by atoms with Crippen molar-refractivity contribution in [1.82, 2.24) is 5.32 Å². The first-order valence-electron chi connectivity index (χ1n) is 14.8. The third-order valence-electron chi connectivity index (χ3n) is 11.0. The highest BCUT2D eigenvalue weighted by atomic mass is 19.4. The maximum Gasteiger partial charge on any atom is 0.421 e. The second-order valence-electron chi connectivity index (χ2n) is 13.4. The minimum Gasteiger partial charge on any atom is -0.365 e. The van der Waals surface area contributed by atoms with E-state index in [0.29, 0.717) is 12.0 Å². The normalized spacial score (nSPS) is 40.5. The van der Waals surface area contributed by atoms with Crippen LogP contribution in [-0.2, 0) is 9.53 Å². The first-order valence-corrected chi connectivity index (χ1v) is 14.8. The zero-order valence-corrected chi connectivity index (χ0v) is 23.1. The Morgan fingerprint density at radius 1 is 1.20 bits per heavy atom. The zero-order valence-electron chi connectivity index (χ0n) is 23.1. The molecule has 2 N–H and O–H groups in total. The number of carbonyl (C=O) groups excluding carboxylic acids is 1. The number of piperidine rings is 1. The highest BCUT2D eigenvalue weighted by Gasteiger charge is 2.71. The lowest BCUT2D eigenvalue weighted by molar-refractivity contribution is -0.947. The van der Waals surface area contributed by atoms with Gasteiger partial charge >= 0.3 is 6.18 Å². The fraction of sp³-hybridized carbons (Fsp3) is 0.594. The Hall–Kier alpha value is -2.42. The summed E-state index contributed by atoms with van der Waals surface area (Å²) < 4.78 is 50.1. The summed E-state index contributed by atoms with van der Waals surface area (Å²) in [6, 6.07) is 8.43. The molecule has 7 rings (SSSR count). The maximum absolute atomic E-state index is 14.1. The van der Waals surface area contributed by atoms with Crippen LogP contribution in [0.3, 0.4) is 0 Å². The number of allylic oxidation sites excluding steroid dienone is 1. The van der Waals surface area contributed by atoms with Gasteiger partial charge in [0.1, 0.15) is 11.7 Å². The molecular formula is C32H38F3N2O3+. The average molecular weight is 556 g/mol. The number of ether oxygens (including phenoxy) is 1. The number of nitrogens with zero attached hydrogens (tertiary/aromatic N) is 1. The molecule has 1 aromatic rings. The van der Waals surface area contributed by atoms with Gasteiger partial charge in [0.15, 0.2) is 5.72 Å². The number of aliphatic hydroxyl groups is 1. The van der Waals surface area contributed by atoms with Gasteiger partial charge in [0.2, 0.25) is 0 Å². The van der Waals surface area contributed by atoms with Crippen LogP contribution >= 0.6 is 0 Å². The van der Waals surface area contributed by atoms with E-state index in [1.807, 2.05) is 6.92 Å². The SMILES string of the molecule is CC1=CC(O)(NC(=O)C(=Cc2ccccc2)C(F)(F)F)C2O[C@H]3CCC[C@H]4[C@H]5CC1=C2[C@@]34CC[N+]5(C)CC1CC1. The third kappa shape index (κ3) is 3.89. The van der Waals surface area contributed by atoms with Gasteiger partial charge in [-0.15, -0.1) is 0 Å². The molecule has 2 saturated carbocycles. The molecule has 1 aromatic carbocycles. The largest absolute Gasteiger partial charge is 0.421 e. The molecule has 4 fully saturated rings. The van der Waals surface area contributed by atoms with Crippen molar-refractivity contribution in [2.24, 2.45) is 17.3 Å². The topological polar surface area (TPSA) is 58.6 Å². The summed E-state index contributed by atoms with van der Waals surface area (Å²) in [7, 11) is 2.43. The zero-order chi connectivity index (χ0) is 28.1. The number of carbonyl (C=O) groups is 1. The Morgan fingerprint density at radius 3 is 2.65 bits per heavy atom. The van der Waals surface area contributed by atoms with Crippen LogP contribution in [0.5, 0.6) is 0 Å². The number of amides is 1. The Labute approximate surface area is 233 Å². The Bertz CT molecular complexity index is 1330. The molecule has 8 heteroatoms. The molecule has 5 nitrogen and oxygen atoms in total. The molecule has 2 bridgehead atoms. The molecule has 6 aliphatic rings. The molecule has 0 aromatic heterocycles. The standard InChI is InChI=1S/C32H37F3N2O3/c1-19-17-31(39,36-29(38)24(32(33,34)35)15-20-7-4-3-5-8-20)28-27-22(19)16-25-23-9-6-10-26(40-28)30(23,27)13-14-37(25,2)18-21-11-12-21/h3-5,7-8,15,17,21,23,25-26,28,39H,6,9-14,16,18H2,1-2H3/p+1/t23-,25+,26-,28?,30+,31?,37?/m0/s1. The van der Waals surface area contributed by atoms with Gasteiger partial charge in [-0.1, -0.05) is 36.8 Å². The monoisotopic (exact) mass is 555 g/mol. The van der Waals surface area contributed by atoms with Gasteiger partial charge in [-0.05, 0) is 67.0 Å². The lowest BCUT2D eigenvalue weighted by Crippen LogP contribution is -2.69. The molecular weight excluding hydrogens is 517 g/mol. The van der Waals surface area contributed by atoms with Crippen molar-refractivity contribution in [2.75, 3.05) is 20.1 Å². The van der Waals surface area contributed by atoms with Crippen molar-refractivity contribution in [1.29, 1.82) is 0 Å². The van der Waals surface area contributed by atoms with Crippen LogP contribution in [0.2, 0.25) is 0 Å². The van der Waals surface area contributed by atoms with Gasteiger partial charge in [0.05, 0.1) is 32.3 Å². The Morgan fingerprint density at radius 2 is 1.95 bits per heavy atom. The summed E-state index contributed by atoms with van der Waals surface area (Å²) in [4.78, 5) is 13.3. The van der Waals surface area contributed by atoms with E-state index in [2.05, 4.69) is 12.4 Å². The van der Waals surface area contributed by atoms with E-state index in [4.69, 9.17) is 4.74 Å². The van der Waals surface area contributed by atoms with Crippen LogP contribution in [-0.4, -0.2) is 65.8 Å². The summed E-state index contributed by atoms with van der Waals surface area (Å²) in [6.07, 6.45) is 4.02. The number of benzene rings is 1. The van der Waals surface area contributed by atoms with E-state index in [-0.39, 0.29) is 17.1 Å². The lowest BCUT2D eigenvalue weighted by Gasteiger charge is -2.62. The number of hydrogen-bond acceptors (Lipinski definition) is 3. The van der Waals surface area contributed by atoms with E-state index in [0.717, 1.165) is 66.3 Å². The van der Waals surface area contributed by atoms with Crippen molar-refractivity contribution in [3.8, 4) is 0 Å². The number of likely N-dealkylation sites (tertiary alicyclic amines) is 1. The van der Waals surface area contributed by atoms with E-state index >= 15 is 0 Å². The average Bonchev–Trinajstić information content (AvgIpc) is 3.63. The minimum atomic E-state index is -4.90. The maximum atomic E-state index is 14.1. The molecule has 3 unspecified atom stereocenters. The number of quaternary nitrogens is 1. The number of rotatable bonds is 5. The first kappa shape index (κ1) is 26.5. The van der Waals surface area contributed by atoms with Crippen molar-refractivity contribution < 1.29 is 32.3 Å². The fourth-order valence-electron chi connectivity index (χ4n) is 9.14. The van der Waals surface area contributed by atoms with Crippen molar-refractivity contribution in [2.45, 2.75) is 82.0 Å². The summed E-state index contributed by atoms with van der Waals surface area (Å²) >= 11 is 0. The van der Waals surface area contributed by atoms with Gasteiger partial charge in [0.25, 0.3) is 5.91 Å². The molecule has 1 spiro atoms. The number of nitrogens with one attached hydrogen (secondary N) is 1. The lowest BCUT2D eigenvalue weighted by atomic mass is 9.49. The smallest absolute Gasteiger partial charge is 0.365 e. The quantitative estimate of drug-likeness (QED) is 0.295. The summed E-state index contributed by atoms with van der Waals surface area (Å²) in [5.41, 5.74) is -0.275.